The van der Waals surface area contributed by atoms with Crippen LogP contribution in [0.3, 0.4) is 0 Å². The maximum Gasteiger partial charge on any atom is 0.0718 e. The van der Waals surface area contributed by atoms with Crippen molar-refractivity contribution in [1.29, 1.82) is 0 Å². The standard InChI is InChI=1S/C11H26N2O/c1-10(2,3)9(7-12)13(6)8-11(4,5)14/h9,14H,7-8,12H2,1-6H3. The number of likely N-dealkylation sites (N-methyl/N-ethyl adjacent to an activating group) is 1. The number of rotatable bonds is 4. The molecule has 0 heterocycles. The van der Waals surface area contributed by atoms with Gasteiger partial charge in [0.2, 0.25) is 0 Å². The quantitative estimate of drug-likeness (QED) is 0.717. The normalized spacial score (nSPS) is 16.1. The zero-order chi connectivity index (χ0) is 11.6. The lowest BCUT2D eigenvalue weighted by Gasteiger charge is -2.39. The van der Waals surface area contributed by atoms with Crippen molar-refractivity contribution in [2.24, 2.45) is 11.1 Å². The minimum Gasteiger partial charge on any atom is -0.389 e. The lowest BCUT2D eigenvalue weighted by molar-refractivity contribution is 0.0130. The van der Waals surface area contributed by atoms with Gasteiger partial charge in [0.15, 0.2) is 0 Å². The van der Waals surface area contributed by atoms with E-state index < -0.39 is 5.60 Å². The highest BCUT2D eigenvalue weighted by atomic mass is 16.3. The Bertz CT molecular complexity index is 167. The molecule has 0 aromatic carbocycles. The highest BCUT2D eigenvalue weighted by Gasteiger charge is 2.29. The van der Waals surface area contributed by atoms with Gasteiger partial charge in [-0.15, -0.1) is 0 Å². The summed E-state index contributed by atoms with van der Waals surface area (Å²) in [5.41, 5.74) is 5.24. The molecule has 3 nitrogen and oxygen atoms in total. The van der Waals surface area contributed by atoms with Crippen LogP contribution in [0.25, 0.3) is 0 Å². The van der Waals surface area contributed by atoms with Crippen LogP contribution in [0.1, 0.15) is 34.6 Å². The fraction of sp³-hybridized carbons (Fsp3) is 1.00. The molecule has 0 aromatic rings. The van der Waals surface area contributed by atoms with Crippen LogP contribution in [0.4, 0.5) is 0 Å². The molecule has 0 aliphatic carbocycles. The smallest absolute Gasteiger partial charge is 0.0718 e. The molecule has 0 aliphatic rings. The fourth-order valence-electron chi connectivity index (χ4n) is 1.92. The summed E-state index contributed by atoms with van der Waals surface area (Å²) in [6.45, 7) is 11.4. The Morgan fingerprint density at radius 1 is 1.21 bits per heavy atom. The van der Waals surface area contributed by atoms with Crippen LogP contribution in [0.2, 0.25) is 0 Å². The van der Waals surface area contributed by atoms with Gasteiger partial charge in [-0.1, -0.05) is 20.8 Å². The van der Waals surface area contributed by atoms with E-state index in [9.17, 15) is 5.11 Å². The van der Waals surface area contributed by atoms with Gasteiger partial charge in [0.25, 0.3) is 0 Å². The number of nitrogens with zero attached hydrogens (tertiary/aromatic N) is 1. The van der Waals surface area contributed by atoms with Crippen molar-refractivity contribution in [3.8, 4) is 0 Å². The predicted molar refractivity (Wildman–Crippen MR) is 61.2 cm³/mol. The summed E-state index contributed by atoms with van der Waals surface area (Å²) in [5.74, 6) is 0. The summed E-state index contributed by atoms with van der Waals surface area (Å²) >= 11 is 0. The molecule has 0 aromatic heterocycles. The van der Waals surface area contributed by atoms with E-state index >= 15 is 0 Å². The third-order valence-corrected chi connectivity index (χ3v) is 2.39. The Balaban J connectivity index is 4.41. The van der Waals surface area contributed by atoms with Crippen molar-refractivity contribution in [1.82, 2.24) is 4.90 Å². The van der Waals surface area contributed by atoms with Gasteiger partial charge in [-0.2, -0.15) is 0 Å². The summed E-state index contributed by atoms with van der Waals surface area (Å²) in [7, 11) is 2.01. The van der Waals surface area contributed by atoms with Gasteiger partial charge in [0.05, 0.1) is 5.60 Å². The first-order valence-corrected chi connectivity index (χ1v) is 5.20. The SMILES string of the molecule is CN(CC(C)(C)O)C(CN)C(C)(C)C. The molecule has 0 spiro atoms. The second-order valence-corrected chi connectivity index (χ2v) is 5.85. The van der Waals surface area contributed by atoms with Crippen molar-refractivity contribution < 1.29 is 5.11 Å². The average molecular weight is 202 g/mol. The minimum atomic E-state index is -0.659. The first-order valence-electron chi connectivity index (χ1n) is 5.20. The maximum absolute atomic E-state index is 9.72. The van der Waals surface area contributed by atoms with Gasteiger partial charge < -0.3 is 10.8 Å². The molecule has 1 unspecified atom stereocenters. The van der Waals surface area contributed by atoms with Gasteiger partial charge in [-0.3, -0.25) is 4.90 Å². The van der Waals surface area contributed by atoms with Crippen LogP contribution in [0.15, 0.2) is 0 Å². The van der Waals surface area contributed by atoms with Crippen LogP contribution in [-0.4, -0.2) is 41.8 Å². The van der Waals surface area contributed by atoms with Crippen LogP contribution < -0.4 is 5.73 Å². The van der Waals surface area contributed by atoms with Crippen molar-refractivity contribution in [3.63, 3.8) is 0 Å². The molecule has 0 amide bonds. The molecule has 14 heavy (non-hydrogen) atoms. The average Bonchev–Trinajstić information content (AvgIpc) is 1.79. The van der Waals surface area contributed by atoms with Crippen LogP contribution in [0.5, 0.6) is 0 Å². The van der Waals surface area contributed by atoms with E-state index in [1.165, 1.54) is 0 Å². The van der Waals surface area contributed by atoms with Gasteiger partial charge >= 0.3 is 0 Å². The Morgan fingerprint density at radius 2 is 1.64 bits per heavy atom. The van der Waals surface area contributed by atoms with E-state index in [0.29, 0.717) is 19.1 Å². The summed E-state index contributed by atoms with van der Waals surface area (Å²) in [4.78, 5) is 2.14. The summed E-state index contributed by atoms with van der Waals surface area (Å²) in [6, 6.07) is 0.300. The first-order chi connectivity index (χ1) is 6.08. The molecule has 0 fully saturated rings. The Labute approximate surface area is 88.3 Å². The number of hydrogen-bond donors (Lipinski definition) is 2. The van der Waals surface area contributed by atoms with Crippen LogP contribution in [0, 0.1) is 5.41 Å². The summed E-state index contributed by atoms with van der Waals surface area (Å²) in [5, 5.41) is 9.72. The van der Waals surface area contributed by atoms with Crippen molar-refractivity contribution >= 4 is 0 Å². The van der Waals surface area contributed by atoms with Crippen LogP contribution >= 0.6 is 0 Å². The minimum absolute atomic E-state index is 0.148. The third kappa shape index (κ3) is 4.94. The molecule has 0 radical (unpaired) electrons. The lowest BCUT2D eigenvalue weighted by atomic mass is 9.85. The van der Waals surface area contributed by atoms with E-state index in [-0.39, 0.29) is 5.41 Å². The van der Waals surface area contributed by atoms with Crippen molar-refractivity contribution in [3.05, 3.63) is 0 Å². The van der Waals surface area contributed by atoms with Crippen molar-refractivity contribution in [2.45, 2.75) is 46.3 Å². The predicted octanol–water partition coefficient (Wildman–Crippen LogP) is 1.06. The van der Waals surface area contributed by atoms with E-state index in [4.69, 9.17) is 5.73 Å². The van der Waals surface area contributed by atoms with E-state index in [0.717, 1.165) is 0 Å². The molecule has 0 rings (SSSR count). The molecular formula is C11H26N2O. The molecule has 86 valence electrons. The molecule has 3 heteroatoms. The third-order valence-electron chi connectivity index (χ3n) is 2.39. The van der Waals surface area contributed by atoms with E-state index in [1.807, 2.05) is 20.9 Å². The molecule has 0 bridgehead atoms. The highest BCUT2D eigenvalue weighted by molar-refractivity contribution is 4.85. The summed E-state index contributed by atoms with van der Waals surface area (Å²) in [6.07, 6.45) is 0. The van der Waals surface area contributed by atoms with Gasteiger partial charge in [0.1, 0.15) is 0 Å². The number of nitrogens with two attached hydrogens (primary N) is 1. The highest BCUT2D eigenvalue weighted by Crippen LogP contribution is 2.23. The Hall–Kier alpha value is -0.120. The largest absolute Gasteiger partial charge is 0.389 e. The second kappa shape index (κ2) is 4.60. The molecular weight excluding hydrogens is 176 g/mol. The number of aliphatic hydroxyl groups is 1. The second-order valence-electron chi connectivity index (χ2n) is 5.85. The molecule has 0 saturated carbocycles. The number of hydrogen-bond acceptors (Lipinski definition) is 3. The molecule has 3 N–H and O–H groups in total. The molecule has 1 atom stereocenters. The maximum atomic E-state index is 9.72. The van der Waals surface area contributed by atoms with E-state index in [1.54, 1.807) is 0 Å². The monoisotopic (exact) mass is 202 g/mol. The first kappa shape index (κ1) is 13.9. The Morgan fingerprint density at radius 3 is 1.86 bits per heavy atom. The van der Waals surface area contributed by atoms with E-state index in [2.05, 4.69) is 25.7 Å². The molecule has 0 aliphatic heterocycles. The molecule has 0 saturated heterocycles. The van der Waals surface area contributed by atoms with Gasteiger partial charge in [0, 0.05) is 19.1 Å². The van der Waals surface area contributed by atoms with Crippen LogP contribution in [-0.2, 0) is 0 Å². The van der Waals surface area contributed by atoms with Crippen molar-refractivity contribution in [2.75, 3.05) is 20.1 Å². The topological polar surface area (TPSA) is 49.5 Å². The summed E-state index contributed by atoms with van der Waals surface area (Å²) < 4.78 is 0. The Kier molecular flexibility index (Phi) is 4.56. The zero-order valence-corrected chi connectivity index (χ0v) is 10.5. The zero-order valence-electron chi connectivity index (χ0n) is 10.5. The van der Waals surface area contributed by atoms with Gasteiger partial charge in [-0.25, -0.2) is 0 Å². The lowest BCUT2D eigenvalue weighted by Crippen LogP contribution is -2.51. The fourth-order valence-corrected chi connectivity index (χ4v) is 1.92. The van der Waals surface area contributed by atoms with Gasteiger partial charge in [-0.05, 0) is 26.3 Å².